The van der Waals surface area contributed by atoms with Crippen molar-refractivity contribution in [2.45, 2.75) is 39.7 Å². The van der Waals surface area contributed by atoms with E-state index in [1.54, 1.807) is 6.92 Å². The molecule has 1 N–H and O–H groups in total. The summed E-state index contributed by atoms with van der Waals surface area (Å²) in [6.07, 6.45) is 1.40. The van der Waals surface area contributed by atoms with Crippen LogP contribution in [0.5, 0.6) is 5.75 Å². The number of nitrogens with one attached hydrogen (secondary N) is 1. The highest BCUT2D eigenvalue weighted by Gasteiger charge is 2.14. The van der Waals surface area contributed by atoms with Gasteiger partial charge in [-0.2, -0.15) is 0 Å². The van der Waals surface area contributed by atoms with Crippen molar-refractivity contribution in [3.63, 3.8) is 0 Å². The number of rotatable bonds is 7. The maximum Gasteiger partial charge on any atom is 0.260 e. The number of amides is 1. The van der Waals surface area contributed by atoms with Crippen LogP contribution in [0.4, 0.5) is 0 Å². The van der Waals surface area contributed by atoms with Crippen LogP contribution in [-0.2, 0) is 11.2 Å². The Bertz CT molecular complexity index is 652. The van der Waals surface area contributed by atoms with E-state index in [1.165, 1.54) is 11.1 Å². The van der Waals surface area contributed by atoms with Crippen molar-refractivity contribution in [3.8, 4) is 5.75 Å². The van der Waals surface area contributed by atoms with Gasteiger partial charge in [0.25, 0.3) is 5.91 Å². The molecule has 23 heavy (non-hydrogen) atoms. The molecular weight excluding hydrogens is 286 g/mol. The van der Waals surface area contributed by atoms with E-state index in [-0.39, 0.29) is 5.91 Å². The summed E-state index contributed by atoms with van der Waals surface area (Å²) in [5.74, 6) is 0.687. The molecule has 1 amide bonds. The Balaban J connectivity index is 1.73. The summed E-state index contributed by atoms with van der Waals surface area (Å²) in [7, 11) is 0. The molecule has 122 valence electrons. The van der Waals surface area contributed by atoms with Gasteiger partial charge in [-0.15, -0.1) is 0 Å². The lowest BCUT2D eigenvalue weighted by molar-refractivity contribution is -0.127. The predicted molar refractivity (Wildman–Crippen MR) is 93.8 cm³/mol. The van der Waals surface area contributed by atoms with Gasteiger partial charge >= 0.3 is 0 Å². The Morgan fingerprint density at radius 1 is 1.13 bits per heavy atom. The highest BCUT2D eigenvalue weighted by atomic mass is 16.5. The van der Waals surface area contributed by atoms with Gasteiger partial charge in [0.05, 0.1) is 0 Å². The number of benzene rings is 2. The zero-order chi connectivity index (χ0) is 16.7. The van der Waals surface area contributed by atoms with Crippen molar-refractivity contribution in [3.05, 3.63) is 65.2 Å². The zero-order valence-electron chi connectivity index (χ0n) is 14.1. The summed E-state index contributed by atoms with van der Waals surface area (Å²) in [4.78, 5) is 12.1. The van der Waals surface area contributed by atoms with Gasteiger partial charge in [0, 0.05) is 6.54 Å². The fourth-order valence-corrected chi connectivity index (χ4v) is 2.45. The topological polar surface area (TPSA) is 38.3 Å². The number of ether oxygens (including phenoxy) is 1. The third-order valence-electron chi connectivity index (χ3n) is 3.79. The van der Waals surface area contributed by atoms with Crippen molar-refractivity contribution in [1.82, 2.24) is 5.32 Å². The summed E-state index contributed by atoms with van der Waals surface area (Å²) in [5.41, 5.74) is 3.61. The predicted octanol–water partition coefficient (Wildman–Crippen LogP) is 3.82. The number of para-hydroxylation sites is 1. The fourth-order valence-electron chi connectivity index (χ4n) is 2.45. The van der Waals surface area contributed by atoms with Gasteiger partial charge < -0.3 is 10.1 Å². The molecule has 0 spiro atoms. The molecule has 0 aliphatic heterocycles. The Hall–Kier alpha value is -2.29. The quantitative estimate of drug-likeness (QED) is 0.789. The van der Waals surface area contributed by atoms with Crippen LogP contribution in [0.3, 0.4) is 0 Å². The van der Waals surface area contributed by atoms with E-state index in [9.17, 15) is 4.79 Å². The smallest absolute Gasteiger partial charge is 0.260 e. The van der Waals surface area contributed by atoms with Gasteiger partial charge in [0.2, 0.25) is 0 Å². The van der Waals surface area contributed by atoms with Crippen molar-refractivity contribution in [2.24, 2.45) is 0 Å². The van der Waals surface area contributed by atoms with Crippen LogP contribution in [0.15, 0.2) is 48.5 Å². The molecule has 0 fully saturated rings. The molecule has 0 bridgehead atoms. The van der Waals surface area contributed by atoms with Crippen LogP contribution >= 0.6 is 0 Å². The van der Waals surface area contributed by atoms with Gasteiger partial charge in [-0.3, -0.25) is 4.79 Å². The van der Waals surface area contributed by atoms with Crippen LogP contribution in [0, 0.1) is 13.8 Å². The largest absolute Gasteiger partial charge is 0.481 e. The minimum Gasteiger partial charge on any atom is -0.481 e. The molecule has 2 aromatic carbocycles. The van der Waals surface area contributed by atoms with Crippen LogP contribution in [0.2, 0.25) is 0 Å². The molecule has 1 atom stereocenters. The molecule has 0 aromatic heterocycles. The lowest BCUT2D eigenvalue weighted by Gasteiger charge is -2.16. The number of carbonyl (C=O) groups is 1. The molecule has 0 radical (unpaired) electrons. The zero-order valence-corrected chi connectivity index (χ0v) is 14.1. The summed E-state index contributed by atoms with van der Waals surface area (Å²) in [6, 6.07) is 16.2. The minimum atomic E-state index is -0.491. The van der Waals surface area contributed by atoms with Gasteiger partial charge in [0.1, 0.15) is 5.75 Å². The van der Waals surface area contributed by atoms with E-state index in [4.69, 9.17) is 4.74 Å². The monoisotopic (exact) mass is 311 g/mol. The first-order valence-electron chi connectivity index (χ1n) is 8.12. The van der Waals surface area contributed by atoms with Gasteiger partial charge in [-0.1, -0.05) is 48.0 Å². The minimum absolute atomic E-state index is 0.0718. The summed E-state index contributed by atoms with van der Waals surface area (Å²) < 4.78 is 5.73. The summed E-state index contributed by atoms with van der Waals surface area (Å²) in [6.45, 7) is 6.51. The first kappa shape index (κ1) is 17.1. The van der Waals surface area contributed by atoms with E-state index < -0.39 is 6.10 Å². The Kier molecular flexibility index (Phi) is 6.21. The standard InChI is InChI=1S/C20H25NO2/c1-15-8-6-10-18(14-15)11-7-13-21-20(22)17(3)23-19-12-5-4-9-16(19)2/h4-6,8-10,12,14,17H,7,11,13H2,1-3H3,(H,21,22). The fraction of sp³-hybridized carbons (Fsp3) is 0.350. The SMILES string of the molecule is Cc1cccc(CCCNC(=O)C(C)Oc2ccccc2C)c1. The Morgan fingerprint density at radius 2 is 1.91 bits per heavy atom. The molecule has 1 unspecified atom stereocenters. The van der Waals surface area contributed by atoms with Gasteiger partial charge in [-0.05, 0) is 50.8 Å². The maximum absolute atomic E-state index is 12.1. The second kappa shape index (κ2) is 8.37. The Morgan fingerprint density at radius 3 is 2.65 bits per heavy atom. The first-order chi connectivity index (χ1) is 11.1. The Labute approximate surface area is 138 Å². The van der Waals surface area contributed by atoms with E-state index in [1.807, 2.05) is 31.2 Å². The van der Waals surface area contributed by atoms with E-state index in [0.29, 0.717) is 6.54 Å². The van der Waals surface area contributed by atoms with E-state index >= 15 is 0 Å². The molecule has 0 heterocycles. The van der Waals surface area contributed by atoms with E-state index in [0.717, 1.165) is 24.2 Å². The lowest BCUT2D eigenvalue weighted by atomic mass is 10.1. The summed E-state index contributed by atoms with van der Waals surface area (Å²) in [5, 5.41) is 2.94. The van der Waals surface area contributed by atoms with E-state index in [2.05, 4.69) is 36.5 Å². The van der Waals surface area contributed by atoms with Crippen molar-refractivity contribution in [2.75, 3.05) is 6.54 Å². The molecule has 3 heteroatoms. The summed E-state index contributed by atoms with van der Waals surface area (Å²) >= 11 is 0. The number of hydrogen-bond acceptors (Lipinski definition) is 2. The molecule has 0 saturated carbocycles. The van der Waals surface area contributed by atoms with Crippen LogP contribution in [0.1, 0.15) is 30.0 Å². The second-order valence-corrected chi connectivity index (χ2v) is 5.91. The maximum atomic E-state index is 12.1. The number of hydrogen-bond donors (Lipinski definition) is 1. The second-order valence-electron chi connectivity index (χ2n) is 5.91. The lowest BCUT2D eigenvalue weighted by Crippen LogP contribution is -2.37. The van der Waals surface area contributed by atoms with Crippen molar-refractivity contribution >= 4 is 5.91 Å². The van der Waals surface area contributed by atoms with Crippen molar-refractivity contribution < 1.29 is 9.53 Å². The third-order valence-corrected chi connectivity index (χ3v) is 3.79. The van der Waals surface area contributed by atoms with Crippen LogP contribution in [-0.4, -0.2) is 18.6 Å². The highest BCUT2D eigenvalue weighted by molar-refractivity contribution is 5.80. The molecular formula is C20H25NO2. The molecule has 0 aliphatic rings. The molecule has 2 rings (SSSR count). The molecule has 3 nitrogen and oxygen atoms in total. The van der Waals surface area contributed by atoms with Gasteiger partial charge in [-0.25, -0.2) is 0 Å². The van der Waals surface area contributed by atoms with Crippen LogP contribution < -0.4 is 10.1 Å². The number of aryl methyl sites for hydroxylation is 3. The molecule has 0 saturated heterocycles. The average Bonchev–Trinajstić information content (AvgIpc) is 2.53. The van der Waals surface area contributed by atoms with Crippen LogP contribution in [0.25, 0.3) is 0 Å². The number of carbonyl (C=O) groups excluding carboxylic acids is 1. The van der Waals surface area contributed by atoms with Crippen molar-refractivity contribution in [1.29, 1.82) is 0 Å². The van der Waals surface area contributed by atoms with Gasteiger partial charge in [0.15, 0.2) is 6.10 Å². The average molecular weight is 311 g/mol. The normalized spacial score (nSPS) is 11.8. The molecule has 0 aliphatic carbocycles. The molecule has 2 aromatic rings. The third kappa shape index (κ3) is 5.44. The highest BCUT2D eigenvalue weighted by Crippen LogP contribution is 2.17. The first-order valence-corrected chi connectivity index (χ1v) is 8.12.